The first-order valence-corrected chi connectivity index (χ1v) is 5.93. The van der Waals surface area contributed by atoms with E-state index < -0.39 is 0 Å². The summed E-state index contributed by atoms with van der Waals surface area (Å²) in [4.78, 5) is 8.09. The Bertz CT molecular complexity index is 561. The lowest BCUT2D eigenvalue weighted by Crippen LogP contribution is -1.96. The standard InChI is InChI=1S/C14H11ClN2O/c15-5-1-3-12-7-14(10-17-8-12)18-11-13-4-2-6-16-9-13/h2,4,6-10H,5,11H2. The largest absolute Gasteiger partial charge is 0.487 e. The van der Waals surface area contributed by atoms with Gasteiger partial charge in [-0.2, -0.15) is 0 Å². The molecule has 0 saturated carbocycles. The van der Waals surface area contributed by atoms with Crippen molar-refractivity contribution in [2.24, 2.45) is 0 Å². The Kier molecular flexibility index (Phi) is 4.57. The molecule has 4 heteroatoms. The Labute approximate surface area is 111 Å². The lowest BCUT2D eigenvalue weighted by atomic mass is 10.3. The fraction of sp³-hybridized carbons (Fsp3) is 0.143. The van der Waals surface area contributed by atoms with E-state index in [2.05, 4.69) is 21.8 Å². The minimum absolute atomic E-state index is 0.306. The zero-order valence-corrected chi connectivity index (χ0v) is 10.4. The molecule has 2 aromatic heterocycles. The maximum absolute atomic E-state index is 5.61. The van der Waals surface area contributed by atoms with Crippen LogP contribution in [0.3, 0.4) is 0 Å². The number of halogens is 1. The molecule has 0 aliphatic rings. The van der Waals surface area contributed by atoms with Crippen LogP contribution in [-0.2, 0) is 6.61 Å². The molecule has 0 aliphatic carbocycles. The molecule has 0 amide bonds. The normalized spacial score (nSPS) is 9.39. The maximum atomic E-state index is 5.61. The molecule has 0 bridgehead atoms. The van der Waals surface area contributed by atoms with Crippen molar-refractivity contribution in [2.75, 3.05) is 5.88 Å². The van der Waals surface area contributed by atoms with Gasteiger partial charge in [-0.1, -0.05) is 17.9 Å². The van der Waals surface area contributed by atoms with Gasteiger partial charge in [0.15, 0.2) is 0 Å². The number of aromatic nitrogens is 2. The monoisotopic (exact) mass is 258 g/mol. The van der Waals surface area contributed by atoms with Crippen LogP contribution in [0.5, 0.6) is 5.75 Å². The Morgan fingerprint density at radius 2 is 2.17 bits per heavy atom. The van der Waals surface area contributed by atoms with Crippen LogP contribution in [0.1, 0.15) is 11.1 Å². The third-order valence-corrected chi connectivity index (χ3v) is 2.27. The van der Waals surface area contributed by atoms with Gasteiger partial charge < -0.3 is 4.74 Å². The second-order valence-corrected chi connectivity index (χ2v) is 3.76. The van der Waals surface area contributed by atoms with Crippen molar-refractivity contribution in [3.63, 3.8) is 0 Å². The summed E-state index contributed by atoms with van der Waals surface area (Å²) in [5.41, 5.74) is 1.80. The third-order valence-electron chi connectivity index (χ3n) is 2.14. The summed E-state index contributed by atoms with van der Waals surface area (Å²) in [7, 11) is 0. The molecule has 2 aromatic rings. The fourth-order valence-electron chi connectivity index (χ4n) is 1.35. The van der Waals surface area contributed by atoms with Gasteiger partial charge in [0.25, 0.3) is 0 Å². The quantitative estimate of drug-likeness (QED) is 0.627. The van der Waals surface area contributed by atoms with Crippen molar-refractivity contribution in [2.45, 2.75) is 6.61 Å². The average molecular weight is 259 g/mol. The highest BCUT2D eigenvalue weighted by atomic mass is 35.5. The number of rotatable bonds is 3. The van der Waals surface area contributed by atoms with Crippen LogP contribution in [0.25, 0.3) is 0 Å². The van der Waals surface area contributed by atoms with E-state index in [9.17, 15) is 0 Å². The van der Waals surface area contributed by atoms with Crippen LogP contribution < -0.4 is 4.74 Å². The molecular weight excluding hydrogens is 248 g/mol. The summed E-state index contributed by atoms with van der Waals surface area (Å²) in [6.07, 6.45) is 6.83. The molecule has 0 N–H and O–H groups in total. The molecule has 0 spiro atoms. The molecule has 2 heterocycles. The molecule has 0 radical (unpaired) electrons. The number of ether oxygens (including phenoxy) is 1. The third kappa shape index (κ3) is 3.76. The topological polar surface area (TPSA) is 35.0 Å². The van der Waals surface area contributed by atoms with Gasteiger partial charge in [0.1, 0.15) is 12.4 Å². The van der Waals surface area contributed by atoms with Gasteiger partial charge in [0.2, 0.25) is 0 Å². The Morgan fingerprint density at radius 1 is 1.22 bits per heavy atom. The maximum Gasteiger partial charge on any atom is 0.139 e. The second kappa shape index (κ2) is 6.63. The van der Waals surface area contributed by atoms with Gasteiger partial charge in [0.05, 0.1) is 12.1 Å². The molecular formula is C14H11ClN2O. The minimum Gasteiger partial charge on any atom is -0.487 e. The molecule has 90 valence electrons. The van der Waals surface area contributed by atoms with Gasteiger partial charge in [-0.15, -0.1) is 11.6 Å². The van der Waals surface area contributed by atoms with E-state index in [1.165, 1.54) is 0 Å². The minimum atomic E-state index is 0.306. The molecule has 18 heavy (non-hydrogen) atoms. The number of alkyl halides is 1. The molecule has 2 rings (SSSR count). The van der Waals surface area contributed by atoms with E-state index in [4.69, 9.17) is 16.3 Å². The molecule has 3 nitrogen and oxygen atoms in total. The van der Waals surface area contributed by atoms with Crippen LogP contribution in [-0.4, -0.2) is 15.8 Å². The summed E-state index contributed by atoms with van der Waals surface area (Å²) in [6.45, 7) is 0.460. The first-order valence-electron chi connectivity index (χ1n) is 5.40. The molecule has 0 fully saturated rings. The van der Waals surface area contributed by atoms with Crippen LogP contribution >= 0.6 is 11.6 Å². The predicted octanol–water partition coefficient (Wildman–Crippen LogP) is 2.65. The zero-order valence-electron chi connectivity index (χ0n) is 9.64. The van der Waals surface area contributed by atoms with Gasteiger partial charge in [-0.3, -0.25) is 9.97 Å². The second-order valence-electron chi connectivity index (χ2n) is 3.49. The van der Waals surface area contributed by atoms with Crippen LogP contribution in [0, 0.1) is 11.8 Å². The van der Waals surface area contributed by atoms with E-state index in [-0.39, 0.29) is 0 Å². The highest BCUT2D eigenvalue weighted by Gasteiger charge is 1.97. The van der Waals surface area contributed by atoms with E-state index >= 15 is 0 Å². The van der Waals surface area contributed by atoms with E-state index in [0.29, 0.717) is 18.2 Å². The van der Waals surface area contributed by atoms with Crippen molar-refractivity contribution < 1.29 is 4.74 Å². The summed E-state index contributed by atoms with van der Waals surface area (Å²) in [5, 5.41) is 0. The summed E-state index contributed by atoms with van der Waals surface area (Å²) >= 11 is 5.50. The van der Waals surface area contributed by atoms with Gasteiger partial charge in [0, 0.05) is 29.7 Å². The highest BCUT2D eigenvalue weighted by Crippen LogP contribution is 2.12. The van der Waals surface area contributed by atoms with E-state index in [1.807, 2.05) is 18.2 Å². The number of hydrogen-bond donors (Lipinski definition) is 0. The SMILES string of the molecule is ClCC#Cc1cncc(OCc2cccnc2)c1. The predicted molar refractivity (Wildman–Crippen MR) is 70.4 cm³/mol. The van der Waals surface area contributed by atoms with Crippen molar-refractivity contribution in [3.8, 4) is 17.6 Å². The number of hydrogen-bond acceptors (Lipinski definition) is 3. The summed E-state index contributed by atoms with van der Waals surface area (Å²) < 4.78 is 5.61. The van der Waals surface area contributed by atoms with Crippen LogP contribution in [0.2, 0.25) is 0 Å². The lowest BCUT2D eigenvalue weighted by molar-refractivity contribution is 0.304. The number of nitrogens with zero attached hydrogens (tertiary/aromatic N) is 2. The Balaban J connectivity index is 2.01. The molecule has 0 saturated heterocycles. The smallest absolute Gasteiger partial charge is 0.139 e. The summed E-state index contributed by atoms with van der Waals surface area (Å²) in [6, 6.07) is 5.67. The van der Waals surface area contributed by atoms with Gasteiger partial charge >= 0.3 is 0 Å². The van der Waals surface area contributed by atoms with Crippen molar-refractivity contribution in [1.29, 1.82) is 0 Å². The van der Waals surface area contributed by atoms with Gasteiger partial charge in [-0.25, -0.2) is 0 Å². The molecule has 0 unspecified atom stereocenters. The van der Waals surface area contributed by atoms with Crippen molar-refractivity contribution >= 4 is 11.6 Å². The Morgan fingerprint density at radius 3 is 2.94 bits per heavy atom. The number of pyridine rings is 2. The first kappa shape index (κ1) is 12.4. The lowest BCUT2D eigenvalue weighted by Gasteiger charge is -2.05. The molecule has 0 aromatic carbocycles. The van der Waals surface area contributed by atoms with Crippen molar-refractivity contribution in [3.05, 3.63) is 54.1 Å². The van der Waals surface area contributed by atoms with Gasteiger partial charge in [-0.05, 0) is 12.1 Å². The summed E-state index contributed by atoms with van der Waals surface area (Å²) in [5.74, 6) is 6.66. The van der Waals surface area contributed by atoms with Crippen molar-refractivity contribution in [1.82, 2.24) is 9.97 Å². The van der Waals surface area contributed by atoms with E-state index in [0.717, 1.165) is 11.1 Å². The van der Waals surface area contributed by atoms with E-state index in [1.54, 1.807) is 24.8 Å². The average Bonchev–Trinajstić information content (AvgIpc) is 2.44. The zero-order chi connectivity index (χ0) is 12.6. The Hall–Kier alpha value is -2.05. The molecule has 0 aliphatic heterocycles. The van der Waals surface area contributed by atoms with Crippen LogP contribution in [0.4, 0.5) is 0 Å². The fourth-order valence-corrected chi connectivity index (χ4v) is 1.42. The molecule has 0 atom stereocenters. The van der Waals surface area contributed by atoms with Crippen LogP contribution in [0.15, 0.2) is 43.0 Å². The first-order chi connectivity index (χ1) is 8.88. The highest BCUT2D eigenvalue weighted by molar-refractivity contribution is 6.19.